The Morgan fingerprint density at radius 3 is 2.13 bits per heavy atom. The van der Waals surface area contributed by atoms with Crippen LogP contribution in [0.3, 0.4) is 0 Å². The van der Waals surface area contributed by atoms with Crippen molar-refractivity contribution in [3.05, 3.63) is 35.6 Å². The maximum atomic E-state index is 14.1. The Morgan fingerprint density at radius 2 is 1.49 bits per heavy atom. The van der Waals surface area contributed by atoms with Crippen LogP contribution in [0.1, 0.15) is 135 Å². The first-order valence-corrected chi connectivity index (χ1v) is 22.9. The first-order chi connectivity index (χ1) is 22.7. The lowest BCUT2D eigenvalue weighted by Crippen LogP contribution is -2.59. The Hall–Kier alpha value is -0.750. The number of nitrogens with one attached hydrogen (secondary N) is 4. The maximum Gasteiger partial charge on any atom is 0.215 e. The van der Waals surface area contributed by atoms with Gasteiger partial charge in [-0.25, -0.2) is 38.8 Å². The van der Waals surface area contributed by atoms with E-state index in [1.165, 1.54) is 101 Å². The normalized spacial score (nSPS) is 37.6. The zero-order chi connectivity index (χ0) is 32.7. The molecule has 1 aromatic rings. The summed E-state index contributed by atoms with van der Waals surface area (Å²) >= 11 is 0. The van der Waals surface area contributed by atoms with Crippen molar-refractivity contribution in [2.75, 3.05) is 11.5 Å². The van der Waals surface area contributed by atoms with Crippen LogP contribution in [0.5, 0.6) is 0 Å². The molecule has 0 radical (unpaired) electrons. The molecule has 47 heavy (non-hydrogen) atoms. The van der Waals surface area contributed by atoms with Crippen LogP contribution in [0.25, 0.3) is 0 Å². The molecule has 3 heterocycles. The van der Waals surface area contributed by atoms with Crippen LogP contribution in [0.2, 0.25) is 0 Å². The zero-order valence-electron chi connectivity index (χ0n) is 29.1. The topological polar surface area (TPSA) is 85.5 Å². The molecule has 7 nitrogen and oxygen atoms in total. The van der Waals surface area contributed by atoms with E-state index in [4.69, 9.17) is 0 Å². The van der Waals surface area contributed by atoms with E-state index >= 15 is 0 Å². The molecule has 1 spiro atoms. The van der Waals surface area contributed by atoms with E-state index in [0.717, 1.165) is 32.1 Å². The SMILES string of the molecule is CC1NNC(N2NC(Cc3ccc(F)cc3)C3(C4CCCCCCCC4)CCC(S(=O)(=O)NC4(C)CC4)CC23)S12CCCCCCC2. The number of halogens is 1. The van der Waals surface area contributed by atoms with Crippen molar-refractivity contribution in [1.82, 2.24) is 26.0 Å². The summed E-state index contributed by atoms with van der Waals surface area (Å²) in [6, 6.07) is 7.47. The minimum atomic E-state index is -3.45. The highest BCUT2D eigenvalue weighted by molar-refractivity contribution is 8.34. The van der Waals surface area contributed by atoms with Gasteiger partial charge in [0.1, 0.15) is 11.3 Å². The molecule has 266 valence electrons. The summed E-state index contributed by atoms with van der Waals surface area (Å²) in [5.41, 5.74) is 12.9. The Kier molecular flexibility index (Phi) is 10.4. The number of hydrazine groups is 2. The molecule has 6 fully saturated rings. The van der Waals surface area contributed by atoms with E-state index in [1.807, 2.05) is 12.1 Å². The van der Waals surface area contributed by atoms with E-state index in [9.17, 15) is 12.8 Å². The number of fused-ring (bicyclic) bond motifs is 1. The van der Waals surface area contributed by atoms with Crippen LogP contribution in [0, 0.1) is 17.2 Å². The third-order valence-corrected chi connectivity index (χ3v) is 20.4. The number of hydrogen-bond donors (Lipinski definition) is 4. The van der Waals surface area contributed by atoms with Gasteiger partial charge in [-0.1, -0.05) is 69.9 Å². The van der Waals surface area contributed by atoms with Crippen LogP contribution in [0.4, 0.5) is 4.39 Å². The number of rotatable bonds is 7. The largest absolute Gasteiger partial charge is 0.249 e. The summed E-state index contributed by atoms with van der Waals surface area (Å²) in [5.74, 6) is 2.89. The van der Waals surface area contributed by atoms with Crippen molar-refractivity contribution in [3.63, 3.8) is 0 Å². The van der Waals surface area contributed by atoms with Crippen molar-refractivity contribution in [3.8, 4) is 0 Å². The van der Waals surface area contributed by atoms with Gasteiger partial charge in [0.2, 0.25) is 10.0 Å². The highest BCUT2D eigenvalue weighted by Gasteiger charge is 2.64. The molecule has 3 saturated carbocycles. The highest BCUT2D eigenvalue weighted by Crippen LogP contribution is 2.64. The van der Waals surface area contributed by atoms with Gasteiger partial charge in [0.15, 0.2) is 0 Å². The van der Waals surface area contributed by atoms with Gasteiger partial charge in [-0.15, -0.1) is 0 Å². The lowest BCUT2D eigenvalue weighted by Gasteiger charge is -2.53. The smallest absolute Gasteiger partial charge is 0.215 e. The van der Waals surface area contributed by atoms with Gasteiger partial charge in [-0.3, -0.25) is 0 Å². The molecule has 3 aliphatic carbocycles. The minimum absolute atomic E-state index is 0.0377. The Balaban J connectivity index is 1.30. The van der Waals surface area contributed by atoms with Gasteiger partial charge in [-0.2, -0.15) is 10.0 Å². The number of benzene rings is 1. The third kappa shape index (κ3) is 6.96. The molecule has 3 saturated heterocycles. The molecule has 0 amide bonds. The third-order valence-electron chi connectivity index (χ3n) is 13.5. The molecule has 6 unspecified atom stereocenters. The van der Waals surface area contributed by atoms with E-state index in [1.54, 1.807) is 12.1 Å². The second-order valence-electron chi connectivity index (χ2n) is 16.5. The number of hydrogen-bond acceptors (Lipinski definition) is 6. The Labute approximate surface area is 286 Å². The monoisotopic (exact) mass is 691 g/mol. The van der Waals surface area contributed by atoms with Gasteiger partial charge < -0.3 is 0 Å². The summed E-state index contributed by atoms with van der Waals surface area (Å²) in [6.07, 6.45) is 21.8. The molecule has 4 N–H and O–H groups in total. The molecular formula is C37H62FN5O2S2. The molecule has 0 bridgehead atoms. The number of nitrogens with zero attached hydrogens (tertiary/aromatic N) is 1. The van der Waals surface area contributed by atoms with Crippen LogP contribution in [0.15, 0.2) is 24.3 Å². The van der Waals surface area contributed by atoms with Crippen molar-refractivity contribution >= 4 is 20.1 Å². The molecule has 3 aliphatic heterocycles. The minimum Gasteiger partial charge on any atom is -0.249 e. The van der Waals surface area contributed by atoms with Gasteiger partial charge >= 0.3 is 0 Å². The Bertz CT molecular complexity index is 1310. The second kappa shape index (κ2) is 14.1. The quantitative estimate of drug-likeness (QED) is 0.242. The van der Waals surface area contributed by atoms with Gasteiger partial charge in [0.25, 0.3) is 0 Å². The van der Waals surface area contributed by atoms with Crippen molar-refractivity contribution < 1.29 is 12.8 Å². The summed E-state index contributed by atoms with van der Waals surface area (Å²) < 4.78 is 45.5. The fourth-order valence-electron chi connectivity index (χ4n) is 10.4. The van der Waals surface area contributed by atoms with E-state index in [-0.39, 0.29) is 39.6 Å². The Morgan fingerprint density at radius 1 is 0.872 bits per heavy atom. The van der Waals surface area contributed by atoms with Gasteiger partial charge in [-0.05, 0) is 113 Å². The average Bonchev–Trinajstić information content (AvgIpc) is 3.49. The standard InChI is InChI=1S/C37H62FN5O2S2/c1-28-39-40-35(46(28)24-12-8-5-9-13-25-46)43-34-27-32(47(44,45)42-36(2)22-23-36)20-21-37(34,30-14-10-6-3-4-7-11-15-30)33(41-43)26-29-16-18-31(38)19-17-29/h16-19,28,30,32-35,39-42H,3-15,20-27H2,1-2H3. The van der Waals surface area contributed by atoms with Crippen molar-refractivity contribution in [1.29, 1.82) is 0 Å². The highest BCUT2D eigenvalue weighted by atomic mass is 32.3. The van der Waals surface area contributed by atoms with E-state index < -0.39 is 20.1 Å². The second-order valence-corrected chi connectivity index (χ2v) is 22.5. The van der Waals surface area contributed by atoms with Crippen LogP contribution in [-0.4, -0.2) is 58.7 Å². The summed E-state index contributed by atoms with van der Waals surface area (Å²) in [7, 11) is -4.55. The van der Waals surface area contributed by atoms with Crippen LogP contribution in [-0.2, 0) is 16.4 Å². The van der Waals surface area contributed by atoms with Crippen LogP contribution >= 0.6 is 10.0 Å². The van der Waals surface area contributed by atoms with Gasteiger partial charge in [0.05, 0.1) is 10.6 Å². The molecule has 0 aromatic heterocycles. The van der Waals surface area contributed by atoms with E-state index in [0.29, 0.717) is 17.7 Å². The fourth-order valence-corrected chi connectivity index (χ4v) is 16.9. The summed E-state index contributed by atoms with van der Waals surface area (Å²) in [5, 5.41) is 2.68. The molecule has 10 heteroatoms. The lowest BCUT2D eigenvalue weighted by molar-refractivity contribution is 0.0150. The van der Waals surface area contributed by atoms with Gasteiger partial charge in [0, 0.05) is 23.0 Å². The zero-order valence-corrected chi connectivity index (χ0v) is 30.7. The average molecular weight is 692 g/mol. The molecule has 6 atom stereocenters. The first-order valence-electron chi connectivity index (χ1n) is 19.2. The molecule has 6 aliphatic rings. The first kappa shape index (κ1) is 34.7. The predicted molar refractivity (Wildman–Crippen MR) is 193 cm³/mol. The number of sulfonamides is 1. The summed E-state index contributed by atoms with van der Waals surface area (Å²) in [6.45, 7) is 4.46. The molecular weight excluding hydrogens is 630 g/mol. The van der Waals surface area contributed by atoms with Crippen LogP contribution < -0.4 is 21.0 Å². The molecule has 7 rings (SSSR count). The van der Waals surface area contributed by atoms with Crippen molar-refractivity contribution in [2.45, 2.75) is 170 Å². The van der Waals surface area contributed by atoms with E-state index in [2.05, 4.69) is 39.9 Å². The molecule has 1 aromatic carbocycles. The van der Waals surface area contributed by atoms with Crippen molar-refractivity contribution in [2.24, 2.45) is 11.3 Å². The predicted octanol–water partition coefficient (Wildman–Crippen LogP) is 7.19. The lowest BCUT2D eigenvalue weighted by atomic mass is 9.57. The summed E-state index contributed by atoms with van der Waals surface area (Å²) in [4.78, 5) is 0. The maximum absolute atomic E-state index is 14.1. The fraction of sp³-hybridized carbons (Fsp3) is 0.838.